The summed E-state index contributed by atoms with van der Waals surface area (Å²) in [5, 5.41) is 2.97. The summed E-state index contributed by atoms with van der Waals surface area (Å²) in [5.41, 5.74) is 0.369. The molecule has 6 nitrogen and oxygen atoms in total. The molecule has 0 aliphatic carbocycles. The van der Waals surface area contributed by atoms with Crippen LogP contribution in [0.15, 0.2) is 48.5 Å². The first-order valence-corrected chi connectivity index (χ1v) is 10.6. The zero-order valence-electron chi connectivity index (χ0n) is 19.1. The Labute approximate surface area is 184 Å². The van der Waals surface area contributed by atoms with Crippen LogP contribution in [0.25, 0.3) is 0 Å². The highest BCUT2D eigenvalue weighted by atomic mass is 16.5. The molecule has 2 aromatic carbocycles. The second-order valence-electron chi connectivity index (χ2n) is 8.44. The third kappa shape index (κ3) is 7.63. The SMILES string of the molecule is CCCC(C(=O)NCCOc1ccc(OC(=O)c2ccc(OC)cc2)cc1)C(C)(C)C. The van der Waals surface area contributed by atoms with Crippen molar-refractivity contribution in [3.8, 4) is 17.2 Å². The molecule has 0 fully saturated rings. The number of carbonyl (C=O) groups excluding carboxylic acids is 2. The molecule has 0 aromatic heterocycles. The number of hydrogen-bond acceptors (Lipinski definition) is 5. The maximum atomic E-state index is 12.5. The van der Waals surface area contributed by atoms with Gasteiger partial charge in [-0.25, -0.2) is 4.79 Å². The van der Waals surface area contributed by atoms with Crippen LogP contribution in [0.5, 0.6) is 17.2 Å². The van der Waals surface area contributed by atoms with E-state index in [2.05, 4.69) is 33.0 Å². The number of methoxy groups -OCH3 is 1. The van der Waals surface area contributed by atoms with Crippen molar-refractivity contribution in [2.24, 2.45) is 11.3 Å². The van der Waals surface area contributed by atoms with Crippen molar-refractivity contribution < 1.29 is 23.8 Å². The fourth-order valence-corrected chi connectivity index (χ4v) is 3.21. The zero-order chi connectivity index (χ0) is 22.9. The number of nitrogens with one attached hydrogen (secondary N) is 1. The molecule has 0 spiro atoms. The van der Waals surface area contributed by atoms with Crippen LogP contribution in [-0.4, -0.2) is 32.1 Å². The van der Waals surface area contributed by atoms with Gasteiger partial charge >= 0.3 is 5.97 Å². The van der Waals surface area contributed by atoms with Crippen molar-refractivity contribution in [3.63, 3.8) is 0 Å². The number of benzene rings is 2. The topological polar surface area (TPSA) is 73.9 Å². The summed E-state index contributed by atoms with van der Waals surface area (Å²) in [6.45, 7) is 9.15. The van der Waals surface area contributed by atoms with Gasteiger partial charge in [0.15, 0.2) is 0 Å². The first kappa shape index (κ1) is 24.3. The number of carbonyl (C=O) groups is 2. The van der Waals surface area contributed by atoms with Crippen LogP contribution >= 0.6 is 0 Å². The van der Waals surface area contributed by atoms with Crippen molar-refractivity contribution in [2.45, 2.75) is 40.5 Å². The van der Waals surface area contributed by atoms with Gasteiger partial charge in [-0.1, -0.05) is 34.1 Å². The molecule has 1 unspecified atom stereocenters. The smallest absolute Gasteiger partial charge is 0.343 e. The minimum Gasteiger partial charge on any atom is -0.497 e. The lowest BCUT2D eigenvalue weighted by atomic mass is 9.77. The largest absolute Gasteiger partial charge is 0.497 e. The van der Waals surface area contributed by atoms with Crippen LogP contribution < -0.4 is 19.5 Å². The predicted molar refractivity (Wildman–Crippen MR) is 121 cm³/mol. The minimum absolute atomic E-state index is 0.0165. The number of hydrogen-bond donors (Lipinski definition) is 1. The molecule has 0 saturated carbocycles. The number of ether oxygens (including phenoxy) is 3. The normalized spacial score (nSPS) is 12.0. The average molecular weight is 428 g/mol. The van der Waals surface area contributed by atoms with E-state index in [0.717, 1.165) is 12.8 Å². The Balaban J connectivity index is 1.79. The van der Waals surface area contributed by atoms with Crippen LogP contribution in [0.3, 0.4) is 0 Å². The molecule has 1 amide bonds. The Morgan fingerprint density at radius 3 is 2.06 bits per heavy atom. The Hall–Kier alpha value is -3.02. The first-order valence-electron chi connectivity index (χ1n) is 10.6. The molecule has 0 radical (unpaired) electrons. The monoisotopic (exact) mass is 427 g/mol. The third-order valence-electron chi connectivity index (χ3n) is 4.97. The second-order valence-corrected chi connectivity index (χ2v) is 8.44. The molecule has 6 heteroatoms. The van der Waals surface area contributed by atoms with Crippen molar-refractivity contribution in [2.75, 3.05) is 20.3 Å². The molecule has 31 heavy (non-hydrogen) atoms. The quantitative estimate of drug-likeness (QED) is 0.333. The van der Waals surface area contributed by atoms with Crippen LogP contribution in [0.2, 0.25) is 0 Å². The van der Waals surface area contributed by atoms with Gasteiger partial charge in [-0.3, -0.25) is 4.79 Å². The third-order valence-corrected chi connectivity index (χ3v) is 4.97. The van der Waals surface area contributed by atoms with Gasteiger partial charge < -0.3 is 19.5 Å². The maximum absolute atomic E-state index is 12.5. The lowest BCUT2D eigenvalue weighted by Crippen LogP contribution is -2.39. The molecule has 0 heterocycles. The zero-order valence-corrected chi connectivity index (χ0v) is 19.1. The van der Waals surface area contributed by atoms with E-state index < -0.39 is 5.97 Å². The Morgan fingerprint density at radius 2 is 1.52 bits per heavy atom. The highest BCUT2D eigenvalue weighted by Gasteiger charge is 2.29. The van der Waals surface area contributed by atoms with E-state index in [-0.39, 0.29) is 17.2 Å². The van der Waals surface area contributed by atoms with E-state index in [1.165, 1.54) is 0 Å². The van der Waals surface area contributed by atoms with Crippen molar-refractivity contribution in [1.29, 1.82) is 0 Å². The van der Waals surface area contributed by atoms with Gasteiger partial charge in [0, 0.05) is 5.92 Å². The fourth-order valence-electron chi connectivity index (χ4n) is 3.21. The lowest BCUT2D eigenvalue weighted by Gasteiger charge is -2.29. The first-order chi connectivity index (χ1) is 14.7. The Kier molecular flexibility index (Phi) is 8.91. The van der Waals surface area contributed by atoms with Crippen molar-refractivity contribution >= 4 is 11.9 Å². The van der Waals surface area contributed by atoms with Crippen molar-refractivity contribution in [1.82, 2.24) is 5.32 Å². The van der Waals surface area contributed by atoms with E-state index >= 15 is 0 Å². The Morgan fingerprint density at radius 1 is 0.935 bits per heavy atom. The fraction of sp³-hybridized carbons (Fsp3) is 0.440. The van der Waals surface area contributed by atoms with E-state index in [0.29, 0.717) is 36.0 Å². The molecule has 2 aromatic rings. The van der Waals surface area contributed by atoms with Gasteiger partial charge in [-0.2, -0.15) is 0 Å². The number of amides is 1. The summed E-state index contributed by atoms with van der Waals surface area (Å²) in [7, 11) is 1.57. The number of esters is 1. The van der Waals surface area contributed by atoms with Gasteiger partial charge in [-0.15, -0.1) is 0 Å². The number of rotatable bonds is 10. The van der Waals surface area contributed by atoms with Gasteiger partial charge in [0.25, 0.3) is 0 Å². The summed E-state index contributed by atoms with van der Waals surface area (Å²) in [4.78, 5) is 24.7. The highest BCUT2D eigenvalue weighted by molar-refractivity contribution is 5.91. The van der Waals surface area contributed by atoms with Crippen LogP contribution in [0.4, 0.5) is 0 Å². The van der Waals surface area contributed by atoms with E-state index in [1.54, 1.807) is 55.6 Å². The lowest BCUT2D eigenvalue weighted by molar-refractivity contribution is -0.128. The van der Waals surface area contributed by atoms with Gasteiger partial charge in [-0.05, 0) is 60.4 Å². The summed E-state index contributed by atoms with van der Waals surface area (Å²) in [5.74, 6) is 1.34. The molecule has 1 atom stereocenters. The van der Waals surface area contributed by atoms with Crippen molar-refractivity contribution in [3.05, 3.63) is 54.1 Å². The standard InChI is InChI=1S/C25H33NO5/c1-6-7-22(25(2,3)4)23(27)26-16-17-30-20-12-14-21(15-13-20)31-24(28)18-8-10-19(29-5)11-9-18/h8-15,22H,6-7,16-17H2,1-5H3,(H,26,27). The molecule has 2 rings (SSSR count). The van der Waals surface area contributed by atoms with E-state index in [4.69, 9.17) is 14.2 Å². The molecule has 168 valence electrons. The minimum atomic E-state index is -0.445. The predicted octanol–water partition coefficient (Wildman–Crippen LogP) is 4.87. The highest BCUT2D eigenvalue weighted by Crippen LogP contribution is 2.29. The van der Waals surface area contributed by atoms with Gasteiger partial charge in [0.2, 0.25) is 5.91 Å². The summed E-state index contributed by atoms with van der Waals surface area (Å²) in [6, 6.07) is 13.5. The molecular weight excluding hydrogens is 394 g/mol. The molecule has 0 aliphatic heterocycles. The molecule has 0 aliphatic rings. The summed E-state index contributed by atoms with van der Waals surface area (Å²) >= 11 is 0. The average Bonchev–Trinajstić information content (AvgIpc) is 2.75. The van der Waals surface area contributed by atoms with Crippen LogP contribution in [-0.2, 0) is 4.79 Å². The maximum Gasteiger partial charge on any atom is 0.343 e. The second kappa shape index (κ2) is 11.4. The van der Waals surface area contributed by atoms with E-state index in [1.807, 2.05) is 0 Å². The summed E-state index contributed by atoms with van der Waals surface area (Å²) < 4.78 is 16.1. The van der Waals surface area contributed by atoms with Gasteiger partial charge in [0.1, 0.15) is 23.9 Å². The van der Waals surface area contributed by atoms with E-state index in [9.17, 15) is 9.59 Å². The molecule has 0 saturated heterocycles. The molecule has 1 N–H and O–H groups in total. The molecular formula is C25H33NO5. The van der Waals surface area contributed by atoms with Crippen LogP contribution in [0, 0.1) is 11.3 Å². The molecule has 0 bridgehead atoms. The summed E-state index contributed by atoms with van der Waals surface area (Å²) in [6.07, 6.45) is 1.84. The van der Waals surface area contributed by atoms with Crippen LogP contribution in [0.1, 0.15) is 50.9 Å². The van der Waals surface area contributed by atoms with Gasteiger partial charge in [0.05, 0.1) is 19.2 Å². The Bertz CT molecular complexity index is 838.